The molecule has 2 aromatic carbocycles. The zero-order valence-electron chi connectivity index (χ0n) is 26.6. The van der Waals surface area contributed by atoms with E-state index in [0.29, 0.717) is 12.0 Å². The summed E-state index contributed by atoms with van der Waals surface area (Å²) in [6.45, 7) is 14.5. The molecular weight excluding hydrogens is 566 g/mol. The number of rotatable bonds is 12. The number of hydrogen-bond acceptors (Lipinski definition) is 7. The van der Waals surface area contributed by atoms with Crippen molar-refractivity contribution in [1.82, 2.24) is 15.5 Å². The van der Waals surface area contributed by atoms with Crippen LogP contribution in [0.1, 0.15) is 77.6 Å². The first-order valence-electron chi connectivity index (χ1n) is 14.6. The predicted octanol–water partition coefficient (Wildman–Crippen LogP) is 5.17. The van der Waals surface area contributed by atoms with Gasteiger partial charge in [-0.05, 0) is 66.0 Å². The van der Waals surface area contributed by atoms with Gasteiger partial charge in [0.2, 0.25) is 11.8 Å². The van der Waals surface area contributed by atoms with E-state index >= 15 is 0 Å². The lowest BCUT2D eigenvalue weighted by Gasteiger charge is -2.35. The Balaban J connectivity index is 2.52. The second kappa shape index (κ2) is 15.8. The molecular formula is C33H47N3O6S. The Kier molecular flexibility index (Phi) is 13.1. The number of nitrogens with one attached hydrogen (secondary N) is 2. The topological polar surface area (TPSA) is 114 Å². The summed E-state index contributed by atoms with van der Waals surface area (Å²) in [4.78, 5) is 55.6. The number of carbonyl (C=O) groups excluding carboxylic acids is 4. The largest absolute Gasteiger partial charge is 0.458 e. The summed E-state index contributed by atoms with van der Waals surface area (Å²) in [6, 6.07) is 13.4. The minimum Gasteiger partial charge on any atom is -0.458 e. The number of amides is 3. The van der Waals surface area contributed by atoms with E-state index in [1.807, 2.05) is 62.4 Å². The molecule has 0 saturated heterocycles. The summed E-state index contributed by atoms with van der Waals surface area (Å²) in [7, 11) is 0. The van der Waals surface area contributed by atoms with Crippen LogP contribution in [-0.2, 0) is 30.3 Å². The molecule has 3 atom stereocenters. The molecule has 0 aliphatic carbocycles. The first-order valence-corrected chi connectivity index (χ1v) is 15.2. The normalized spacial score (nSPS) is 13.7. The van der Waals surface area contributed by atoms with E-state index in [-0.39, 0.29) is 18.7 Å². The van der Waals surface area contributed by atoms with E-state index in [9.17, 15) is 19.2 Å². The number of hydrogen-bond donors (Lipinski definition) is 3. The minimum absolute atomic E-state index is 0.0189. The summed E-state index contributed by atoms with van der Waals surface area (Å²) >= 11 is 4.33. The molecule has 0 aromatic heterocycles. The van der Waals surface area contributed by atoms with Crippen molar-refractivity contribution >= 4 is 36.5 Å². The summed E-state index contributed by atoms with van der Waals surface area (Å²) in [5.74, 6) is -1.65. The van der Waals surface area contributed by atoms with Gasteiger partial charge in [0.1, 0.15) is 29.3 Å². The van der Waals surface area contributed by atoms with E-state index in [0.717, 1.165) is 11.1 Å². The second-order valence-corrected chi connectivity index (χ2v) is 12.9. The molecule has 2 aromatic rings. The van der Waals surface area contributed by atoms with E-state index in [4.69, 9.17) is 9.47 Å². The lowest BCUT2D eigenvalue weighted by molar-refractivity contribution is -0.159. The Morgan fingerprint density at radius 3 is 2.02 bits per heavy atom. The van der Waals surface area contributed by atoms with Crippen molar-refractivity contribution in [1.29, 1.82) is 0 Å². The molecule has 2 rings (SSSR count). The van der Waals surface area contributed by atoms with Gasteiger partial charge in [-0.15, -0.1) is 0 Å². The second-order valence-electron chi connectivity index (χ2n) is 12.5. The molecule has 0 bridgehead atoms. The smallest absolute Gasteiger partial charge is 0.408 e. The zero-order valence-corrected chi connectivity index (χ0v) is 27.5. The number of aryl methyl sites for hydroxylation is 1. The highest BCUT2D eigenvalue weighted by Crippen LogP contribution is 2.25. The third kappa shape index (κ3) is 11.9. The van der Waals surface area contributed by atoms with Gasteiger partial charge < -0.3 is 25.0 Å². The standard InChI is InChI=1S/C33H47N3O6S/c1-9-18-36(29(38)26(21-43)35-31(40)42-33(6,7)8)27(24-17-13-14-22(2)19-24)28(37)34-25(30(39)41-32(3,4)5)20-23-15-11-10-12-16-23/h10-17,19,25-27,43H,9,18,20-21H2,1-8H3,(H,34,37)(H,35,40). The molecule has 3 amide bonds. The summed E-state index contributed by atoms with van der Waals surface area (Å²) in [6.07, 6.45) is -0.0313. The van der Waals surface area contributed by atoms with Gasteiger partial charge in [0.25, 0.3) is 0 Å². The van der Waals surface area contributed by atoms with Gasteiger partial charge in [-0.25, -0.2) is 9.59 Å². The van der Waals surface area contributed by atoms with Crippen LogP contribution in [-0.4, -0.2) is 64.4 Å². The fourth-order valence-corrected chi connectivity index (χ4v) is 4.67. The minimum atomic E-state index is -1.10. The number of nitrogens with zero attached hydrogens (tertiary/aromatic N) is 1. The summed E-state index contributed by atoms with van der Waals surface area (Å²) in [5.41, 5.74) is 0.756. The number of thiol groups is 1. The molecule has 0 radical (unpaired) electrons. The summed E-state index contributed by atoms with van der Waals surface area (Å²) < 4.78 is 11.0. The molecule has 2 N–H and O–H groups in total. The fraction of sp³-hybridized carbons (Fsp3) is 0.515. The van der Waals surface area contributed by atoms with Gasteiger partial charge in [-0.1, -0.05) is 67.1 Å². The van der Waals surface area contributed by atoms with Gasteiger partial charge in [0.05, 0.1) is 0 Å². The van der Waals surface area contributed by atoms with Crippen molar-refractivity contribution in [3.63, 3.8) is 0 Å². The Hall–Kier alpha value is -3.53. The van der Waals surface area contributed by atoms with Crippen LogP contribution in [0.4, 0.5) is 4.79 Å². The van der Waals surface area contributed by atoms with E-state index in [1.54, 1.807) is 47.6 Å². The van der Waals surface area contributed by atoms with Crippen molar-refractivity contribution in [2.75, 3.05) is 12.3 Å². The van der Waals surface area contributed by atoms with Crippen molar-refractivity contribution in [3.05, 3.63) is 71.3 Å². The lowest BCUT2D eigenvalue weighted by atomic mass is 9.99. The van der Waals surface area contributed by atoms with Crippen LogP contribution in [0.5, 0.6) is 0 Å². The van der Waals surface area contributed by atoms with Gasteiger partial charge in [-0.3, -0.25) is 9.59 Å². The van der Waals surface area contributed by atoms with E-state index in [2.05, 4.69) is 23.3 Å². The molecule has 3 unspecified atom stereocenters. The molecule has 9 nitrogen and oxygen atoms in total. The van der Waals surface area contributed by atoms with Crippen LogP contribution in [0.25, 0.3) is 0 Å². The van der Waals surface area contributed by atoms with Crippen molar-refractivity contribution in [3.8, 4) is 0 Å². The highest BCUT2D eigenvalue weighted by atomic mass is 32.1. The van der Waals surface area contributed by atoms with Crippen molar-refractivity contribution in [2.24, 2.45) is 0 Å². The van der Waals surface area contributed by atoms with E-state index in [1.165, 1.54) is 4.90 Å². The highest BCUT2D eigenvalue weighted by molar-refractivity contribution is 7.80. The molecule has 236 valence electrons. The predicted molar refractivity (Wildman–Crippen MR) is 171 cm³/mol. The monoisotopic (exact) mass is 613 g/mol. The number of esters is 1. The Bertz CT molecular complexity index is 1240. The van der Waals surface area contributed by atoms with Gasteiger partial charge in [-0.2, -0.15) is 12.6 Å². The van der Waals surface area contributed by atoms with Crippen LogP contribution in [0.15, 0.2) is 54.6 Å². The fourth-order valence-electron chi connectivity index (χ4n) is 4.42. The third-order valence-corrected chi connectivity index (χ3v) is 6.49. The maximum Gasteiger partial charge on any atom is 0.408 e. The molecule has 0 heterocycles. The molecule has 0 spiro atoms. The van der Waals surface area contributed by atoms with Crippen molar-refractivity contribution in [2.45, 2.75) is 97.6 Å². The van der Waals surface area contributed by atoms with Crippen molar-refractivity contribution < 1.29 is 28.7 Å². The Morgan fingerprint density at radius 1 is 0.860 bits per heavy atom. The molecule has 0 aliphatic rings. The maximum absolute atomic E-state index is 14.2. The Labute approximate surface area is 261 Å². The SMILES string of the molecule is CCCN(C(=O)C(CS)NC(=O)OC(C)(C)C)C(C(=O)NC(Cc1ccccc1)C(=O)OC(C)(C)C)c1cccc(C)c1. The molecule has 0 aliphatic heterocycles. The zero-order chi connectivity index (χ0) is 32.4. The molecule has 43 heavy (non-hydrogen) atoms. The first-order chi connectivity index (χ1) is 20.0. The quantitative estimate of drug-likeness (QED) is 0.225. The lowest BCUT2D eigenvalue weighted by Crippen LogP contribution is -2.55. The van der Waals surface area contributed by atoms with Crippen LogP contribution in [0.2, 0.25) is 0 Å². The number of ether oxygens (including phenoxy) is 2. The van der Waals surface area contributed by atoms with Crippen LogP contribution < -0.4 is 10.6 Å². The van der Waals surface area contributed by atoms with Gasteiger partial charge >= 0.3 is 12.1 Å². The van der Waals surface area contributed by atoms with Gasteiger partial charge in [0, 0.05) is 18.7 Å². The molecule has 0 saturated carbocycles. The number of alkyl carbamates (subject to hydrolysis) is 1. The highest BCUT2D eigenvalue weighted by Gasteiger charge is 2.37. The molecule has 10 heteroatoms. The van der Waals surface area contributed by atoms with E-state index < -0.39 is 53.2 Å². The number of benzene rings is 2. The van der Waals surface area contributed by atoms with Crippen LogP contribution >= 0.6 is 12.6 Å². The van der Waals surface area contributed by atoms with Gasteiger partial charge in [0.15, 0.2) is 0 Å². The Morgan fingerprint density at radius 2 is 1.49 bits per heavy atom. The maximum atomic E-state index is 14.2. The number of carbonyl (C=O) groups is 4. The first kappa shape index (κ1) is 35.7. The average molecular weight is 614 g/mol. The molecule has 0 fully saturated rings. The third-order valence-electron chi connectivity index (χ3n) is 6.13. The average Bonchev–Trinajstić information content (AvgIpc) is 2.89. The van der Waals surface area contributed by atoms with Crippen LogP contribution in [0, 0.1) is 6.92 Å². The van der Waals surface area contributed by atoms with Crippen LogP contribution in [0.3, 0.4) is 0 Å². The summed E-state index contributed by atoms with van der Waals surface area (Å²) in [5, 5.41) is 5.49.